The Balaban J connectivity index is 2.22. The second kappa shape index (κ2) is 6.25. The van der Waals surface area contributed by atoms with E-state index >= 15 is 0 Å². The van der Waals surface area contributed by atoms with E-state index in [0.717, 1.165) is 12.8 Å². The zero-order valence-corrected chi connectivity index (χ0v) is 11.4. The molecule has 4 N–H and O–H groups in total. The maximum absolute atomic E-state index is 12.5. The quantitative estimate of drug-likeness (QED) is 0.778. The van der Waals surface area contributed by atoms with Crippen LogP contribution in [0.1, 0.15) is 29.6 Å². The fourth-order valence-corrected chi connectivity index (χ4v) is 2.47. The number of carbonyl (C=O) groups excluding carboxylic acids is 2. The van der Waals surface area contributed by atoms with Gasteiger partial charge in [0, 0.05) is 17.8 Å². The SMILES string of the molecule is NC(=O)Nc1cccc(C(=O)N2CCCC[C@@H]2C(=O)O)c1. The fourth-order valence-electron chi connectivity index (χ4n) is 2.47. The number of primary amides is 1. The minimum Gasteiger partial charge on any atom is -0.480 e. The second-order valence-corrected chi connectivity index (χ2v) is 4.92. The number of amides is 3. The van der Waals surface area contributed by atoms with Crippen LogP contribution in [0.2, 0.25) is 0 Å². The van der Waals surface area contributed by atoms with E-state index in [0.29, 0.717) is 24.2 Å². The Bertz CT molecular complexity index is 573. The highest BCUT2D eigenvalue weighted by Gasteiger charge is 2.32. The summed E-state index contributed by atoms with van der Waals surface area (Å²) in [7, 11) is 0. The monoisotopic (exact) mass is 291 g/mol. The van der Waals surface area contributed by atoms with Crippen molar-refractivity contribution < 1.29 is 19.5 Å². The summed E-state index contributed by atoms with van der Waals surface area (Å²) in [6.45, 7) is 0.420. The number of nitrogens with two attached hydrogens (primary N) is 1. The molecule has 0 spiro atoms. The average molecular weight is 291 g/mol. The van der Waals surface area contributed by atoms with Crippen LogP contribution in [0.3, 0.4) is 0 Å². The van der Waals surface area contributed by atoms with Gasteiger partial charge in [-0.1, -0.05) is 6.07 Å². The highest BCUT2D eigenvalue weighted by molar-refractivity contribution is 5.98. The summed E-state index contributed by atoms with van der Waals surface area (Å²) in [5.74, 6) is -1.34. The first kappa shape index (κ1) is 14.8. The smallest absolute Gasteiger partial charge is 0.326 e. The molecule has 1 aliphatic rings. The molecule has 21 heavy (non-hydrogen) atoms. The number of anilines is 1. The third-order valence-corrected chi connectivity index (χ3v) is 3.43. The van der Waals surface area contributed by atoms with E-state index in [1.807, 2.05) is 0 Å². The summed E-state index contributed by atoms with van der Waals surface area (Å²) in [6, 6.07) is 4.77. The van der Waals surface area contributed by atoms with Gasteiger partial charge in [-0.25, -0.2) is 9.59 Å². The number of carboxylic acid groups (broad SMARTS) is 1. The first-order valence-corrected chi connectivity index (χ1v) is 6.69. The summed E-state index contributed by atoms with van der Waals surface area (Å²) in [5, 5.41) is 11.6. The normalized spacial score (nSPS) is 18.1. The number of urea groups is 1. The van der Waals surface area contributed by atoms with Crippen LogP contribution in [0.4, 0.5) is 10.5 Å². The molecular weight excluding hydrogens is 274 g/mol. The van der Waals surface area contributed by atoms with E-state index in [2.05, 4.69) is 5.32 Å². The predicted molar refractivity (Wildman–Crippen MR) is 76.0 cm³/mol. The Labute approximate surface area is 121 Å². The Morgan fingerprint density at radius 1 is 1.29 bits per heavy atom. The van der Waals surface area contributed by atoms with Crippen LogP contribution in [-0.2, 0) is 4.79 Å². The summed E-state index contributed by atoms with van der Waals surface area (Å²) in [5.41, 5.74) is 5.76. The second-order valence-electron chi connectivity index (χ2n) is 4.92. The molecule has 7 nitrogen and oxygen atoms in total. The van der Waals surface area contributed by atoms with Crippen LogP contribution in [0, 0.1) is 0 Å². The molecule has 0 aliphatic carbocycles. The molecule has 2 rings (SSSR count). The van der Waals surface area contributed by atoms with E-state index in [-0.39, 0.29) is 5.91 Å². The van der Waals surface area contributed by atoms with Gasteiger partial charge in [-0.15, -0.1) is 0 Å². The molecule has 1 atom stereocenters. The first-order valence-electron chi connectivity index (χ1n) is 6.69. The minimum absolute atomic E-state index is 0.328. The number of nitrogens with zero attached hydrogens (tertiary/aromatic N) is 1. The van der Waals surface area contributed by atoms with Crippen molar-refractivity contribution in [1.82, 2.24) is 4.90 Å². The number of carboxylic acids is 1. The van der Waals surface area contributed by atoms with E-state index in [4.69, 9.17) is 5.73 Å². The third kappa shape index (κ3) is 3.50. The van der Waals surface area contributed by atoms with Crippen molar-refractivity contribution in [2.75, 3.05) is 11.9 Å². The van der Waals surface area contributed by atoms with Gasteiger partial charge in [-0.2, -0.15) is 0 Å². The van der Waals surface area contributed by atoms with Crippen LogP contribution in [0.15, 0.2) is 24.3 Å². The molecular formula is C14H17N3O4. The minimum atomic E-state index is -0.991. The van der Waals surface area contributed by atoms with Crippen LogP contribution >= 0.6 is 0 Å². The molecule has 1 aromatic rings. The third-order valence-electron chi connectivity index (χ3n) is 3.43. The standard InChI is InChI=1S/C14H17N3O4/c15-14(21)16-10-5-3-4-9(8-10)12(18)17-7-2-1-6-11(17)13(19)20/h3-5,8,11H,1-2,6-7H2,(H,19,20)(H3,15,16,21)/t11-/m1/s1. The average Bonchev–Trinajstić information content (AvgIpc) is 2.46. The fraction of sp³-hybridized carbons (Fsp3) is 0.357. The number of carbonyl (C=O) groups is 3. The Morgan fingerprint density at radius 2 is 2.05 bits per heavy atom. The molecule has 0 bridgehead atoms. The van der Waals surface area contributed by atoms with Gasteiger partial charge in [0.05, 0.1) is 0 Å². The summed E-state index contributed by atoms with van der Waals surface area (Å²) in [6.07, 6.45) is 2.04. The van der Waals surface area contributed by atoms with Gasteiger partial charge in [0.2, 0.25) is 0 Å². The van der Waals surface area contributed by atoms with Gasteiger partial charge in [0.15, 0.2) is 0 Å². The molecule has 0 radical (unpaired) electrons. The van der Waals surface area contributed by atoms with Crippen molar-refractivity contribution in [2.24, 2.45) is 5.73 Å². The van der Waals surface area contributed by atoms with Crippen molar-refractivity contribution in [3.8, 4) is 0 Å². The number of aliphatic carboxylic acids is 1. The van der Waals surface area contributed by atoms with Crippen molar-refractivity contribution in [2.45, 2.75) is 25.3 Å². The van der Waals surface area contributed by atoms with Crippen molar-refractivity contribution in [3.63, 3.8) is 0 Å². The van der Waals surface area contributed by atoms with Gasteiger partial charge in [-0.05, 0) is 37.5 Å². The zero-order valence-electron chi connectivity index (χ0n) is 11.4. The first-order chi connectivity index (χ1) is 9.99. The maximum Gasteiger partial charge on any atom is 0.326 e. The molecule has 7 heteroatoms. The van der Waals surface area contributed by atoms with Gasteiger partial charge >= 0.3 is 12.0 Å². The maximum atomic E-state index is 12.5. The highest BCUT2D eigenvalue weighted by atomic mass is 16.4. The summed E-state index contributed by atoms with van der Waals surface area (Å²) < 4.78 is 0. The van der Waals surface area contributed by atoms with Crippen molar-refractivity contribution >= 4 is 23.6 Å². The lowest BCUT2D eigenvalue weighted by atomic mass is 10.0. The van der Waals surface area contributed by atoms with E-state index < -0.39 is 18.0 Å². The highest BCUT2D eigenvalue weighted by Crippen LogP contribution is 2.21. The number of hydrogen-bond donors (Lipinski definition) is 3. The molecule has 1 saturated heterocycles. The number of piperidine rings is 1. The predicted octanol–water partition coefficient (Wildman–Crippen LogP) is 1.26. The Morgan fingerprint density at radius 3 is 2.71 bits per heavy atom. The Hall–Kier alpha value is -2.57. The molecule has 1 aromatic carbocycles. The number of rotatable bonds is 3. The molecule has 0 saturated carbocycles. The van der Waals surface area contributed by atoms with Gasteiger partial charge in [0.1, 0.15) is 6.04 Å². The van der Waals surface area contributed by atoms with Gasteiger partial charge in [0.25, 0.3) is 5.91 Å². The van der Waals surface area contributed by atoms with Gasteiger partial charge < -0.3 is 21.1 Å². The molecule has 0 aromatic heterocycles. The van der Waals surface area contributed by atoms with Crippen molar-refractivity contribution in [1.29, 1.82) is 0 Å². The summed E-state index contributed by atoms with van der Waals surface area (Å²) in [4.78, 5) is 35.9. The van der Waals surface area contributed by atoms with E-state index in [1.165, 1.54) is 11.0 Å². The van der Waals surface area contributed by atoms with Crippen molar-refractivity contribution in [3.05, 3.63) is 29.8 Å². The number of likely N-dealkylation sites (tertiary alicyclic amines) is 1. The topological polar surface area (TPSA) is 113 Å². The number of hydrogen-bond acceptors (Lipinski definition) is 3. The number of benzene rings is 1. The lowest BCUT2D eigenvalue weighted by Gasteiger charge is -2.33. The lowest BCUT2D eigenvalue weighted by Crippen LogP contribution is -2.48. The summed E-state index contributed by atoms with van der Waals surface area (Å²) >= 11 is 0. The van der Waals surface area contributed by atoms with Crippen LogP contribution in [0.5, 0.6) is 0 Å². The molecule has 1 fully saturated rings. The zero-order chi connectivity index (χ0) is 15.4. The largest absolute Gasteiger partial charge is 0.480 e. The van der Waals surface area contributed by atoms with E-state index in [1.54, 1.807) is 18.2 Å². The molecule has 0 unspecified atom stereocenters. The van der Waals surface area contributed by atoms with Gasteiger partial charge in [-0.3, -0.25) is 4.79 Å². The molecule has 1 aliphatic heterocycles. The molecule has 3 amide bonds. The Kier molecular flexibility index (Phi) is 4.42. The lowest BCUT2D eigenvalue weighted by molar-refractivity contribution is -0.143. The van der Waals surface area contributed by atoms with Crippen LogP contribution < -0.4 is 11.1 Å². The van der Waals surface area contributed by atoms with Crippen LogP contribution in [0.25, 0.3) is 0 Å². The molecule has 1 heterocycles. The van der Waals surface area contributed by atoms with E-state index in [9.17, 15) is 19.5 Å². The molecule has 112 valence electrons. The van der Waals surface area contributed by atoms with Crippen LogP contribution in [-0.4, -0.2) is 40.5 Å². The number of nitrogens with one attached hydrogen (secondary N) is 1.